The molecule has 1 fully saturated rings. The molecule has 3 rings (SSSR count). The topological polar surface area (TPSA) is 35.2 Å². The lowest BCUT2D eigenvalue weighted by Gasteiger charge is -2.05. The zero-order chi connectivity index (χ0) is 11.5. The fourth-order valence-electron chi connectivity index (χ4n) is 2.95. The highest BCUT2D eigenvalue weighted by molar-refractivity contribution is 5.45. The van der Waals surface area contributed by atoms with Gasteiger partial charge in [-0.2, -0.15) is 0 Å². The van der Waals surface area contributed by atoms with Gasteiger partial charge in [-0.3, -0.25) is 0 Å². The number of hydrogen-bond donors (Lipinski definition) is 1. The molecule has 0 radical (unpaired) electrons. The second-order valence-corrected chi connectivity index (χ2v) is 5.82. The summed E-state index contributed by atoms with van der Waals surface area (Å²) in [5.41, 5.74) is 9.11. The molecule has 0 amide bonds. The summed E-state index contributed by atoms with van der Waals surface area (Å²) < 4.78 is 5.71. The van der Waals surface area contributed by atoms with Crippen molar-refractivity contribution in [3.05, 3.63) is 29.3 Å². The molecule has 2 N–H and O–H groups in total. The molecule has 1 saturated carbocycles. The summed E-state index contributed by atoms with van der Waals surface area (Å²) in [6.45, 7) is 6.61. The first-order chi connectivity index (χ1) is 7.50. The molecule has 1 aromatic carbocycles. The van der Waals surface area contributed by atoms with Crippen LogP contribution in [0.15, 0.2) is 18.2 Å². The van der Waals surface area contributed by atoms with Crippen LogP contribution in [0.5, 0.6) is 5.75 Å². The van der Waals surface area contributed by atoms with Crippen LogP contribution in [-0.4, -0.2) is 12.1 Å². The molecule has 16 heavy (non-hydrogen) atoms. The van der Waals surface area contributed by atoms with E-state index in [0.717, 1.165) is 12.2 Å². The predicted molar refractivity (Wildman–Crippen MR) is 64.7 cm³/mol. The number of rotatable bonds is 1. The second kappa shape index (κ2) is 3.01. The van der Waals surface area contributed by atoms with Gasteiger partial charge in [-0.15, -0.1) is 0 Å². The van der Waals surface area contributed by atoms with Gasteiger partial charge in [0.05, 0.1) is 0 Å². The largest absolute Gasteiger partial charge is 0.490 e. The molecular formula is C14H19NO. The van der Waals surface area contributed by atoms with Crippen LogP contribution in [0.4, 0.5) is 0 Å². The predicted octanol–water partition coefficient (Wildman–Crippen LogP) is 2.46. The van der Waals surface area contributed by atoms with Crippen LogP contribution in [0.3, 0.4) is 0 Å². The van der Waals surface area contributed by atoms with Crippen LogP contribution in [0.1, 0.15) is 37.8 Å². The molecule has 1 unspecified atom stereocenters. The van der Waals surface area contributed by atoms with E-state index in [1.807, 2.05) is 0 Å². The third-order valence-corrected chi connectivity index (χ3v) is 4.19. The van der Waals surface area contributed by atoms with Crippen LogP contribution in [0.25, 0.3) is 0 Å². The van der Waals surface area contributed by atoms with E-state index >= 15 is 0 Å². The molecule has 1 aromatic rings. The van der Waals surface area contributed by atoms with Crippen molar-refractivity contribution in [2.75, 3.05) is 0 Å². The van der Waals surface area contributed by atoms with E-state index in [1.54, 1.807) is 0 Å². The first-order valence-electron chi connectivity index (χ1n) is 6.05. The van der Waals surface area contributed by atoms with Gasteiger partial charge in [-0.1, -0.05) is 26.0 Å². The summed E-state index contributed by atoms with van der Waals surface area (Å²) >= 11 is 0. The van der Waals surface area contributed by atoms with Crippen molar-refractivity contribution in [1.29, 1.82) is 0 Å². The van der Waals surface area contributed by atoms with Crippen LogP contribution in [0.2, 0.25) is 0 Å². The van der Waals surface area contributed by atoms with Gasteiger partial charge in [0.1, 0.15) is 11.9 Å². The summed E-state index contributed by atoms with van der Waals surface area (Å²) in [4.78, 5) is 0. The maximum Gasteiger partial charge on any atom is 0.123 e. The molecule has 86 valence electrons. The maximum atomic E-state index is 6.12. The lowest BCUT2D eigenvalue weighted by molar-refractivity contribution is 0.254. The van der Waals surface area contributed by atoms with E-state index < -0.39 is 0 Å². The normalized spacial score (nSPS) is 34.4. The van der Waals surface area contributed by atoms with Crippen LogP contribution >= 0.6 is 0 Å². The quantitative estimate of drug-likeness (QED) is 0.784. The fourth-order valence-corrected chi connectivity index (χ4v) is 2.95. The zero-order valence-electron chi connectivity index (χ0n) is 10.2. The third-order valence-electron chi connectivity index (χ3n) is 4.19. The van der Waals surface area contributed by atoms with E-state index in [2.05, 4.69) is 39.0 Å². The fraction of sp³-hybridized carbons (Fsp3) is 0.571. The van der Waals surface area contributed by atoms with Gasteiger partial charge >= 0.3 is 0 Å². The monoisotopic (exact) mass is 217 g/mol. The average Bonchev–Trinajstić information content (AvgIpc) is 2.57. The molecule has 3 atom stereocenters. The minimum atomic E-state index is 0.263. The molecule has 1 aliphatic heterocycles. The highest BCUT2D eigenvalue weighted by Crippen LogP contribution is 2.57. The second-order valence-electron chi connectivity index (χ2n) is 5.82. The number of hydrogen-bond acceptors (Lipinski definition) is 2. The summed E-state index contributed by atoms with van der Waals surface area (Å²) in [6, 6.07) is 6.88. The Morgan fingerprint density at radius 1 is 1.38 bits per heavy atom. The molecule has 1 aliphatic carbocycles. The van der Waals surface area contributed by atoms with Gasteiger partial charge in [0.25, 0.3) is 0 Å². The van der Waals surface area contributed by atoms with E-state index in [1.165, 1.54) is 11.1 Å². The first-order valence-corrected chi connectivity index (χ1v) is 6.05. The summed E-state index contributed by atoms with van der Waals surface area (Å²) in [5.74, 6) is 1.58. The Balaban J connectivity index is 1.92. The molecule has 2 heteroatoms. The highest BCUT2D eigenvalue weighted by Gasteiger charge is 2.56. The van der Waals surface area contributed by atoms with Crippen LogP contribution < -0.4 is 10.5 Å². The Morgan fingerprint density at radius 2 is 2.06 bits per heavy atom. The number of ether oxygens (including phenoxy) is 1. The Labute approximate surface area is 96.8 Å². The minimum absolute atomic E-state index is 0.263. The van der Waals surface area contributed by atoms with Crippen molar-refractivity contribution in [2.45, 2.75) is 45.3 Å². The number of nitrogens with two attached hydrogens (primary N) is 1. The molecule has 2 aliphatic rings. The van der Waals surface area contributed by atoms with E-state index in [0.29, 0.717) is 18.1 Å². The molecule has 0 bridgehead atoms. The van der Waals surface area contributed by atoms with E-state index in [4.69, 9.17) is 10.5 Å². The summed E-state index contributed by atoms with van der Waals surface area (Å²) in [6.07, 6.45) is 1.36. The smallest absolute Gasteiger partial charge is 0.123 e. The lowest BCUT2D eigenvalue weighted by Crippen LogP contribution is -2.06. The van der Waals surface area contributed by atoms with Crippen molar-refractivity contribution < 1.29 is 4.74 Å². The van der Waals surface area contributed by atoms with Crippen molar-refractivity contribution in [1.82, 2.24) is 0 Å². The molecule has 0 aromatic heterocycles. The Morgan fingerprint density at radius 3 is 2.69 bits per heavy atom. The van der Waals surface area contributed by atoms with Gasteiger partial charge in [-0.05, 0) is 29.5 Å². The van der Waals surface area contributed by atoms with Crippen molar-refractivity contribution in [2.24, 2.45) is 11.1 Å². The Kier molecular flexibility index (Phi) is 1.91. The number of fused-ring (bicyclic) bond motifs is 1. The highest BCUT2D eigenvalue weighted by atomic mass is 16.5. The summed E-state index contributed by atoms with van der Waals surface area (Å²) in [5, 5.41) is 0. The lowest BCUT2D eigenvalue weighted by atomic mass is 10.00. The number of benzene rings is 1. The molecule has 0 spiro atoms. The Hall–Kier alpha value is -1.02. The first kappa shape index (κ1) is 10.2. The Bertz CT molecular complexity index is 438. The minimum Gasteiger partial charge on any atom is -0.490 e. The SMILES string of the molecule is CC1Cc2cc([C@H]3[C@H](N)C3(C)C)ccc2O1. The molecule has 2 nitrogen and oxygen atoms in total. The van der Waals surface area contributed by atoms with Crippen molar-refractivity contribution in [3.8, 4) is 5.75 Å². The van der Waals surface area contributed by atoms with Gasteiger partial charge in [0.2, 0.25) is 0 Å². The molecule has 0 saturated heterocycles. The van der Waals surface area contributed by atoms with Gasteiger partial charge < -0.3 is 10.5 Å². The van der Waals surface area contributed by atoms with Crippen LogP contribution in [0, 0.1) is 5.41 Å². The van der Waals surface area contributed by atoms with Crippen molar-refractivity contribution >= 4 is 0 Å². The summed E-state index contributed by atoms with van der Waals surface area (Å²) in [7, 11) is 0. The maximum absolute atomic E-state index is 6.12. The van der Waals surface area contributed by atoms with Crippen LogP contribution in [-0.2, 0) is 6.42 Å². The van der Waals surface area contributed by atoms with Gasteiger partial charge in [0, 0.05) is 18.4 Å². The van der Waals surface area contributed by atoms with Gasteiger partial charge in [0.15, 0.2) is 0 Å². The van der Waals surface area contributed by atoms with E-state index in [-0.39, 0.29) is 5.41 Å². The third kappa shape index (κ3) is 1.29. The zero-order valence-corrected chi connectivity index (χ0v) is 10.2. The van der Waals surface area contributed by atoms with E-state index in [9.17, 15) is 0 Å². The van der Waals surface area contributed by atoms with Crippen molar-refractivity contribution in [3.63, 3.8) is 0 Å². The average molecular weight is 217 g/mol. The molecular weight excluding hydrogens is 198 g/mol. The molecule has 1 heterocycles. The standard InChI is InChI=1S/C14H19NO/c1-8-6-10-7-9(4-5-11(10)16-8)12-13(15)14(12,2)3/h4-5,7-8,12-13H,6,15H2,1-3H3/t8?,12-,13-/m0/s1. The van der Waals surface area contributed by atoms with Gasteiger partial charge in [-0.25, -0.2) is 0 Å².